The topological polar surface area (TPSA) is 45.8 Å². The fourth-order valence-electron chi connectivity index (χ4n) is 3.74. The summed E-state index contributed by atoms with van der Waals surface area (Å²) in [6, 6.07) is 32.1. The van der Waals surface area contributed by atoms with Gasteiger partial charge >= 0.3 is 0 Å². The minimum absolute atomic E-state index is 0.0105. The van der Waals surface area contributed by atoms with E-state index >= 15 is 0 Å². The Hall–Kier alpha value is -3.66. The van der Waals surface area contributed by atoms with Crippen LogP contribution in [0.25, 0.3) is 33.9 Å². The second-order valence-corrected chi connectivity index (χ2v) is 8.42. The molecular formula is C28H18Cl2N2O. The smallest absolute Gasteiger partial charge is 0.193 e. The highest BCUT2D eigenvalue weighted by atomic mass is 35.5. The summed E-state index contributed by atoms with van der Waals surface area (Å²) in [5.41, 5.74) is 5.61. The monoisotopic (exact) mass is 468 g/mol. The van der Waals surface area contributed by atoms with Crippen molar-refractivity contribution >= 4 is 29.0 Å². The Kier molecular flexibility index (Phi) is 5.82. The first kappa shape index (κ1) is 21.2. The van der Waals surface area contributed by atoms with E-state index in [-0.39, 0.29) is 5.78 Å². The number of aromatic nitrogens is 2. The number of rotatable bonds is 5. The number of nitrogens with zero attached hydrogens (tertiary/aromatic N) is 1. The zero-order valence-electron chi connectivity index (χ0n) is 17.4. The van der Waals surface area contributed by atoms with Crippen molar-refractivity contribution < 1.29 is 4.79 Å². The van der Waals surface area contributed by atoms with E-state index in [1.165, 1.54) is 0 Å². The second-order valence-electron chi connectivity index (χ2n) is 7.57. The number of benzene rings is 4. The van der Waals surface area contributed by atoms with E-state index in [4.69, 9.17) is 28.2 Å². The molecule has 0 fully saturated rings. The summed E-state index contributed by atoms with van der Waals surface area (Å²) in [6.07, 6.45) is 0. The van der Waals surface area contributed by atoms with Crippen molar-refractivity contribution in [1.29, 1.82) is 0 Å². The minimum atomic E-state index is -0.0105. The van der Waals surface area contributed by atoms with Crippen LogP contribution in [0.1, 0.15) is 15.9 Å². The lowest BCUT2D eigenvalue weighted by molar-refractivity contribution is 0.103. The van der Waals surface area contributed by atoms with Gasteiger partial charge in [-0.05, 0) is 18.2 Å². The number of hydrogen-bond acceptors (Lipinski definition) is 2. The van der Waals surface area contributed by atoms with Crippen molar-refractivity contribution in [3.05, 3.63) is 124 Å². The standard InChI is InChI=1S/C28H18Cl2N2O/c29-22-15-16-23(24(30)17-22)28-31-25(18-7-3-1-4-8-18)26(32-28)19-11-13-21(14-12-19)27(33)20-9-5-2-6-10-20/h1-17H,(H,31,32). The van der Waals surface area contributed by atoms with Gasteiger partial charge < -0.3 is 4.98 Å². The molecule has 0 aliphatic carbocycles. The van der Waals surface area contributed by atoms with Gasteiger partial charge in [-0.1, -0.05) is 108 Å². The first-order valence-corrected chi connectivity index (χ1v) is 11.2. The molecule has 3 nitrogen and oxygen atoms in total. The molecule has 0 aliphatic rings. The van der Waals surface area contributed by atoms with E-state index in [1.807, 2.05) is 91.0 Å². The van der Waals surface area contributed by atoms with Gasteiger partial charge in [0.05, 0.1) is 16.4 Å². The summed E-state index contributed by atoms with van der Waals surface area (Å²) >= 11 is 12.5. The van der Waals surface area contributed by atoms with Crippen LogP contribution in [0.4, 0.5) is 0 Å². The Labute approximate surface area is 201 Å². The third-order valence-corrected chi connectivity index (χ3v) is 5.96. The van der Waals surface area contributed by atoms with Crippen molar-refractivity contribution in [3.63, 3.8) is 0 Å². The molecule has 0 saturated carbocycles. The molecule has 0 bridgehead atoms. The fourth-order valence-corrected chi connectivity index (χ4v) is 4.24. The van der Waals surface area contributed by atoms with E-state index in [0.717, 1.165) is 28.1 Å². The predicted octanol–water partition coefficient (Wildman–Crippen LogP) is 7.95. The van der Waals surface area contributed by atoms with E-state index in [0.29, 0.717) is 27.0 Å². The van der Waals surface area contributed by atoms with Gasteiger partial charge in [0.15, 0.2) is 5.78 Å². The number of halogens is 2. The number of carbonyl (C=O) groups is 1. The van der Waals surface area contributed by atoms with Crippen LogP contribution in [0, 0.1) is 0 Å². The quantitative estimate of drug-likeness (QED) is 0.266. The largest absolute Gasteiger partial charge is 0.337 e. The van der Waals surface area contributed by atoms with Crippen LogP contribution >= 0.6 is 23.2 Å². The Balaban J connectivity index is 1.58. The zero-order valence-corrected chi connectivity index (χ0v) is 18.9. The molecular weight excluding hydrogens is 451 g/mol. The zero-order chi connectivity index (χ0) is 22.8. The lowest BCUT2D eigenvalue weighted by atomic mass is 10.00. The average molecular weight is 469 g/mol. The summed E-state index contributed by atoms with van der Waals surface area (Å²) < 4.78 is 0. The molecule has 160 valence electrons. The molecule has 0 aliphatic heterocycles. The summed E-state index contributed by atoms with van der Waals surface area (Å²) in [6.45, 7) is 0. The number of H-pyrrole nitrogens is 1. The van der Waals surface area contributed by atoms with Gasteiger partial charge in [0, 0.05) is 32.8 Å². The maximum atomic E-state index is 12.8. The fraction of sp³-hybridized carbons (Fsp3) is 0. The Morgan fingerprint density at radius 1 is 0.697 bits per heavy atom. The molecule has 0 radical (unpaired) electrons. The molecule has 0 spiro atoms. The van der Waals surface area contributed by atoms with Gasteiger partial charge in [-0.2, -0.15) is 0 Å². The van der Waals surface area contributed by atoms with Gasteiger partial charge in [0.2, 0.25) is 0 Å². The highest BCUT2D eigenvalue weighted by Crippen LogP contribution is 2.36. The van der Waals surface area contributed by atoms with Crippen LogP contribution in [0.2, 0.25) is 10.0 Å². The summed E-state index contributed by atoms with van der Waals surface area (Å²) in [4.78, 5) is 21.1. The summed E-state index contributed by atoms with van der Waals surface area (Å²) in [5.74, 6) is 0.638. The number of imidazole rings is 1. The van der Waals surface area contributed by atoms with Crippen molar-refractivity contribution in [2.24, 2.45) is 0 Å². The van der Waals surface area contributed by atoms with Gasteiger partial charge in [-0.3, -0.25) is 4.79 Å². The lowest BCUT2D eigenvalue weighted by Crippen LogP contribution is -2.00. The maximum absolute atomic E-state index is 12.8. The molecule has 1 heterocycles. The van der Waals surface area contributed by atoms with Crippen LogP contribution in [-0.2, 0) is 0 Å². The van der Waals surface area contributed by atoms with Crippen molar-refractivity contribution in [2.45, 2.75) is 0 Å². The third-order valence-electron chi connectivity index (χ3n) is 5.41. The van der Waals surface area contributed by atoms with Crippen LogP contribution in [0.15, 0.2) is 103 Å². The molecule has 5 rings (SSSR count). The predicted molar refractivity (Wildman–Crippen MR) is 135 cm³/mol. The summed E-state index contributed by atoms with van der Waals surface area (Å²) in [5, 5.41) is 1.09. The number of aromatic amines is 1. The van der Waals surface area contributed by atoms with Gasteiger partial charge in [0.1, 0.15) is 5.82 Å². The molecule has 1 aromatic heterocycles. The highest BCUT2D eigenvalue weighted by molar-refractivity contribution is 6.36. The SMILES string of the molecule is O=C(c1ccccc1)c1ccc(-c2[nH]c(-c3ccc(Cl)cc3Cl)nc2-c2ccccc2)cc1. The molecule has 0 atom stereocenters. The van der Waals surface area contributed by atoms with E-state index in [1.54, 1.807) is 12.1 Å². The number of carbonyl (C=O) groups excluding carboxylic acids is 1. The van der Waals surface area contributed by atoms with E-state index in [9.17, 15) is 4.79 Å². The van der Waals surface area contributed by atoms with Crippen molar-refractivity contribution in [2.75, 3.05) is 0 Å². The van der Waals surface area contributed by atoms with Crippen LogP contribution in [0.3, 0.4) is 0 Å². The van der Waals surface area contributed by atoms with Crippen LogP contribution < -0.4 is 0 Å². The molecule has 4 aromatic carbocycles. The molecule has 1 N–H and O–H groups in total. The number of hydrogen-bond donors (Lipinski definition) is 1. The molecule has 33 heavy (non-hydrogen) atoms. The highest BCUT2D eigenvalue weighted by Gasteiger charge is 2.17. The van der Waals surface area contributed by atoms with Gasteiger partial charge in [-0.15, -0.1) is 0 Å². The lowest BCUT2D eigenvalue weighted by Gasteiger charge is -2.05. The average Bonchev–Trinajstić information content (AvgIpc) is 3.30. The molecule has 0 amide bonds. The number of nitrogens with one attached hydrogen (secondary N) is 1. The normalized spacial score (nSPS) is 10.8. The second kappa shape index (κ2) is 9.07. The number of ketones is 1. The van der Waals surface area contributed by atoms with E-state index in [2.05, 4.69) is 4.98 Å². The van der Waals surface area contributed by atoms with Crippen molar-refractivity contribution in [3.8, 4) is 33.9 Å². The first-order chi connectivity index (χ1) is 16.1. The molecule has 0 unspecified atom stereocenters. The first-order valence-electron chi connectivity index (χ1n) is 10.4. The van der Waals surface area contributed by atoms with E-state index < -0.39 is 0 Å². The Bertz CT molecular complexity index is 1430. The van der Waals surface area contributed by atoms with Gasteiger partial charge in [0.25, 0.3) is 0 Å². The minimum Gasteiger partial charge on any atom is -0.337 e. The Morgan fingerprint density at radius 3 is 2.00 bits per heavy atom. The molecule has 0 saturated heterocycles. The molecule has 5 aromatic rings. The molecule has 5 heteroatoms. The van der Waals surface area contributed by atoms with Crippen LogP contribution in [0.5, 0.6) is 0 Å². The Morgan fingerprint density at radius 2 is 1.33 bits per heavy atom. The van der Waals surface area contributed by atoms with Crippen molar-refractivity contribution in [1.82, 2.24) is 9.97 Å². The van der Waals surface area contributed by atoms with Crippen LogP contribution in [-0.4, -0.2) is 15.8 Å². The maximum Gasteiger partial charge on any atom is 0.193 e. The third kappa shape index (κ3) is 4.34. The summed E-state index contributed by atoms with van der Waals surface area (Å²) in [7, 11) is 0. The van der Waals surface area contributed by atoms with Gasteiger partial charge in [-0.25, -0.2) is 4.98 Å².